The van der Waals surface area contributed by atoms with Gasteiger partial charge in [-0.2, -0.15) is 0 Å². The van der Waals surface area contributed by atoms with Crippen molar-refractivity contribution in [2.45, 2.75) is 34.2 Å². The topological polar surface area (TPSA) is 55.1 Å². The number of hydrogen-bond acceptors (Lipinski definition) is 2. The predicted octanol–water partition coefficient (Wildman–Crippen LogP) is 1.82. The molecule has 0 aliphatic rings. The standard InChI is InChI=1S/C14H22N2O/c1-9-5-10(2)13(11(3)6-9)8-16-14(17)12(4)7-15/h5-6,12H,7-8,15H2,1-4H3,(H,16,17). The van der Waals surface area contributed by atoms with Gasteiger partial charge in [0.25, 0.3) is 0 Å². The van der Waals surface area contributed by atoms with E-state index in [1.165, 1.54) is 22.3 Å². The zero-order chi connectivity index (χ0) is 13.0. The first-order valence-corrected chi connectivity index (χ1v) is 6.00. The fourth-order valence-corrected chi connectivity index (χ4v) is 1.95. The first kappa shape index (κ1) is 13.7. The molecule has 3 N–H and O–H groups in total. The molecule has 0 bridgehead atoms. The van der Waals surface area contributed by atoms with Crippen LogP contribution in [-0.2, 0) is 11.3 Å². The van der Waals surface area contributed by atoms with Crippen molar-refractivity contribution in [1.29, 1.82) is 0 Å². The third-order valence-corrected chi connectivity index (χ3v) is 3.08. The Morgan fingerprint density at radius 2 is 1.82 bits per heavy atom. The summed E-state index contributed by atoms with van der Waals surface area (Å²) in [6.07, 6.45) is 0. The molecule has 0 heterocycles. The van der Waals surface area contributed by atoms with Crippen LogP contribution in [0.2, 0.25) is 0 Å². The van der Waals surface area contributed by atoms with E-state index in [1.807, 2.05) is 6.92 Å². The highest BCUT2D eigenvalue weighted by Gasteiger charge is 2.11. The number of hydrogen-bond donors (Lipinski definition) is 2. The SMILES string of the molecule is Cc1cc(C)c(CNC(=O)C(C)CN)c(C)c1. The second-order valence-electron chi connectivity index (χ2n) is 4.73. The molecule has 3 nitrogen and oxygen atoms in total. The van der Waals surface area contributed by atoms with Crippen LogP contribution in [0.5, 0.6) is 0 Å². The molecule has 1 rings (SSSR count). The first-order valence-electron chi connectivity index (χ1n) is 6.00. The summed E-state index contributed by atoms with van der Waals surface area (Å²) in [5.41, 5.74) is 10.4. The molecule has 0 saturated carbocycles. The fraction of sp³-hybridized carbons (Fsp3) is 0.500. The summed E-state index contributed by atoms with van der Waals surface area (Å²) in [6, 6.07) is 4.28. The number of carbonyl (C=O) groups is 1. The van der Waals surface area contributed by atoms with E-state index in [9.17, 15) is 4.79 Å². The highest BCUT2D eigenvalue weighted by Crippen LogP contribution is 2.16. The molecule has 1 aromatic carbocycles. The molecular weight excluding hydrogens is 212 g/mol. The normalized spacial score (nSPS) is 12.3. The molecule has 0 fully saturated rings. The Balaban J connectivity index is 2.73. The summed E-state index contributed by atoms with van der Waals surface area (Å²) in [5, 5.41) is 2.93. The van der Waals surface area contributed by atoms with Crippen molar-refractivity contribution >= 4 is 5.91 Å². The zero-order valence-corrected chi connectivity index (χ0v) is 11.1. The molecule has 1 amide bonds. The Morgan fingerprint density at radius 3 is 2.29 bits per heavy atom. The minimum absolute atomic E-state index is 0.0203. The van der Waals surface area contributed by atoms with Crippen LogP contribution in [0.4, 0.5) is 0 Å². The fourth-order valence-electron chi connectivity index (χ4n) is 1.95. The van der Waals surface area contributed by atoms with E-state index in [0.717, 1.165) is 0 Å². The van der Waals surface area contributed by atoms with Gasteiger partial charge in [-0.25, -0.2) is 0 Å². The number of amides is 1. The highest BCUT2D eigenvalue weighted by molar-refractivity contribution is 5.78. The highest BCUT2D eigenvalue weighted by atomic mass is 16.1. The summed E-state index contributed by atoms with van der Waals surface area (Å²) in [4.78, 5) is 11.6. The van der Waals surface area contributed by atoms with Gasteiger partial charge in [-0.3, -0.25) is 4.79 Å². The number of nitrogens with one attached hydrogen (secondary N) is 1. The van der Waals surface area contributed by atoms with Crippen LogP contribution in [-0.4, -0.2) is 12.5 Å². The first-order chi connectivity index (χ1) is 7.95. The molecule has 1 aromatic rings. The Morgan fingerprint density at radius 1 is 1.29 bits per heavy atom. The summed E-state index contributed by atoms with van der Waals surface area (Å²) >= 11 is 0. The van der Waals surface area contributed by atoms with Crippen molar-refractivity contribution in [2.24, 2.45) is 11.7 Å². The van der Waals surface area contributed by atoms with E-state index in [-0.39, 0.29) is 11.8 Å². The third-order valence-electron chi connectivity index (χ3n) is 3.08. The average molecular weight is 234 g/mol. The summed E-state index contributed by atoms with van der Waals surface area (Å²) in [7, 11) is 0. The molecule has 0 aliphatic heterocycles. The smallest absolute Gasteiger partial charge is 0.224 e. The number of rotatable bonds is 4. The third kappa shape index (κ3) is 3.56. The number of aryl methyl sites for hydroxylation is 3. The lowest BCUT2D eigenvalue weighted by Crippen LogP contribution is -2.33. The van der Waals surface area contributed by atoms with Crippen molar-refractivity contribution < 1.29 is 4.79 Å². The Labute approximate surface area is 103 Å². The summed E-state index contributed by atoms with van der Waals surface area (Å²) in [5.74, 6) is -0.104. The van der Waals surface area contributed by atoms with Crippen LogP contribution in [0.1, 0.15) is 29.2 Å². The van der Waals surface area contributed by atoms with Gasteiger partial charge in [-0.05, 0) is 37.5 Å². The van der Waals surface area contributed by atoms with E-state index in [4.69, 9.17) is 5.73 Å². The van der Waals surface area contributed by atoms with Gasteiger partial charge in [-0.1, -0.05) is 24.6 Å². The van der Waals surface area contributed by atoms with Gasteiger partial charge in [0.05, 0.1) is 0 Å². The molecule has 17 heavy (non-hydrogen) atoms. The zero-order valence-electron chi connectivity index (χ0n) is 11.1. The van der Waals surface area contributed by atoms with Crippen molar-refractivity contribution in [1.82, 2.24) is 5.32 Å². The Hall–Kier alpha value is -1.35. The van der Waals surface area contributed by atoms with E-state index >= 15 is 0 Å². The Kier molecular flexibility index (Phi) is 4.70. The molecule has 0 aliphatic carbocycles. The van der Waals surface area contributed by atoms with Crippen LogP contribution >= 0.6 is 0 Å². The molecule has 0 radical (unpaired) electrons. The monoisotopic (exact) mass is 234 g/mol. The molecule has 0 spiro atoms. The van der Waals surface area contributed by atoms with Gasteiger partial charge < -0.3 is 11.1 Å². The van der Waals surface area contributed by atoms with Crippen LogP contribution < -0.4 is 11.1 Å². The van der Waals surface area contributed by atoms with Gasteiger partial charge in [0, 0.05) is 19.0 Å². The molecule has 3 heteroatoms. The molecule has 94 valence electrons. The number of carbonyl (C=O) groups excluding carboxylic acids is 1. The molecule has 1 atom stereocenters. The second kappa shape index (κ2) is 5.82. The second-order valence-corrected chi connectivity index (χ2v) is 4.73. The average Bonchev–Trinajstić information content (AvgIpc) is 2.26. The molecular formula is C14H22N2O. The van der Waals surface area contributed by atoms with Gasteiger partial charge in [-0.15, -0.1) is 0 Å². The van der Waals surface area contributed by atoms with Gasteiger partial charge >= 0.3 is 0 Å². The summed E-state index contributed by atoms with van der Waals surface area (Å²) in [6.45, 7) is 9.05. The van der Waals surface area contributed by atoms with E-state index in [0.29, 0.717) is 13.1 Å². The van der Waals surface area contributed by atoms with Crippen LogP contribution in [0, 0.1) is 26.7 Å². The lowest BCUT2D eigenvalue weighted by molar-refractivity contribution is -0.124. The molecule has 0 aromatic heterocycles. The van der Waals surface area contributed by atoms with Gasteiger partial charge in [0.1, 0.15) is 0 Å². The minimum atomic E-state index is -0.124. The lowest BCUT2D eigenvalue weighted by Gasteiger charge is -2.14. The van der Waals surface area contributed by atoms with Crippen molar-refractivity contribution in [3.05, 3.63) is 34.4 Å². The number of nitrogens with two attached hydrogens (primary N) is 1. The lowest BCUT2D eigenvalue weighted by atomic mass is 9.99. The maximum absolute atomic E-state index is 11.6. The van der Waals surface area contributed by atoms with E-state index in [1.54, 1.807) is 0 Å². The van der Waals surface area contributed by atoms with Crippen LogP contribution in [0.15, 0.2) is 12.1 Å². The van der Waals surface area contributed by atoms with Gasteiger partial charge in [0.15, 0.2) is 0 Å². The van der Waals surface area contributed by atoms with Crippen molar-refractivity contribution in [2.75, 3.05) is 6.54 Å². The van der Waals surface area contributed by atoms with Crippen LogP contribution in [0.3, 0.4) is 0 Å². The molecule has 1 unspecified atom stereocenters. The van der Waals surface area contributed by atoms with E-state index in [2.05, 4.69) is 38.2 Å². The summed E-state index contributed by atoms with van der Waals surface area (Å²) < 4.78 is 0. The Bertz CT molecular complexity index is 390. The van der Waals surface area contributed by atoms with Crippen molar-refractivity contribution in [3.63, 3.8) is 0 Å². The minimum Gasteiger partial charge on any atom is -0.352 e. The maximum atomic E-state index is 11.6. The predicted molar refractivity (Wildman–Crippen MR) is 70.7 cm³/mol. The van der Waals surface area contributed by atoms with E-state index < -0.39 is 0 Å². The van der Waals surface area contributed by atoms with Gasteiger partial charge in [0.2, 0.25) is 5.91 Å². The maximum Gasteiger partial charge on any atom is 0.224 e. The van der Waals surface area contributed by atoms with Crippen molar-refractivity contribution in [3.8, 4) is 0 Å². The number of benzene rings is 1. The quantitative estimate of drug-likeness (QED) is 0.835. The van der Waals surface area contributed by atoms with Crippen LogP contribution in [0.25, 0.3) is 0 Å². The largest absolute Gasteiger partial charge is 0.352 e. The molecule has 0 saturated heterocycles.